The predicted octanol–water partition coefficient (Wildman–Crippen LogP) is 0.871. The lowest BCUT2D eigenvalue weighted by molar-refractivity contribution is -0.147. The summed E-state index contributed by atoms with van der Waals surface area (Å²) >= 11 is 0. The number of nitriles is 1. The standard InChI is InChI=1S/C14H14N2O4S/c15-10-11-3-1-4-12(9-11)21(19,20)8-7-16-13(17)5-2-6-14(16)18/h1,3-4,9H,2,5-8H2. The number of hydrogen-bond donors (Lipinski definition) is 0. The molecule has 0 unspecified atom stereocenters. The Balaban J connectivity index is 2.12. The van der Waals surface area contributed by atoms with Crippen LogP contribution >= 0.6 is 0 Å². The van der Waals surface area contributed by atoms with E-state index in [1.54, 1.807) is 0 Å². The van der Waals surface area contributed by atoms with Crippen molar-refractivity contribution in [2.45, 2.75) is 24.2 Å². The van der Waals surface area contributed by atoms with Crippen molar-refractivity contribution < 1.29 is 18.0 Å². The van der Waals surface area contributed by atoms with Gasteiger partial charge in [0, 0.05) is 19.4 Å². The molecule has 0 N–H and O–H groups in total. The van der Waals surface area contributed by atoms with Crippen LogP contribution in [0.15, 0.2) is 29.2 Å². The van der Waals surface area contributed by atoms with Gasteiger partial charge in [0.25, 0.3) is 0 Å². The Morgan fingerprint density at radius 3 is 2.48 bits per heavy atom. The van der Waals surface area contributed by atoms with Crippen LogP contribution in [0.2, 0.25) is 0 Å². The van der Waals surface area contributed by atoms with Gasteiger partial charge in [-0.15, -0.1) is 0 Å². The minimum atomic E-state index is -3.64. The van der Waals surface area contributed by atoms with Crippen LogP contribution in [-0.4, -0.2) is 37.4 Å². The van der Waals surface area contributed by atoms with Crippen molar-refractivity contribution in [2.24, 2.45) is 0 Å². The first-order valence-electron chi connectivity index (χ1n) is 6.50. The molecular formula is C14H14N2O4S. The van der Waals surface area contributed by atoms with E-state index in [0.717, 1.165) is 4.90 Å². The molecule has 0 radical (unpaired) electrons. The van der Waals surface area contributed by atoms with Gasteiger partial charge in [0.05, 0.1) is 22.3 Å². The Morgan fingerprint density at radius 1 is 1.19 bits per heavy atom. The summed E-state index contributed by atoms with van der Waals surface area (Å²) in [5.41, 5.74) is 0.251. The van der Waals surface area contributed by atoms with Crippen LogP contribution in [0.3, 0.4) is 0 Å². The van der Waals surface area contributed by atoms with Crippen molar-refractivity contribution in [3.05, 3.63) is 29.8 Å². The first-order valence-corrected chi connectivity index (χ1v) is 8.15. The normalized spacial score (nSPS) is 15.9. The van der Waals surface area contributed by atoms with E-state index in [1.165, 1.54) is 24.3 Å². The monoisotopic (exact) mass is 306 g/mol. The number of carbonyl (C=O) groups is 2. The minimum absolute atomic E-state index is 0.0263. The summed E-state index contributed by atoms with van der Waals surface area (Å²) in [4.78, 5) is 24.3. The highest BCUT2D eigenvalue weighted by Crippen LogP contribution is 2.16. The van der Waals surface area contributed by atoms with E-state index in [0.29, 0.717) is 6.42 Å². The van der Waals surface area contributed by atoms with Crippen LogP contribution in [0.5, 0.6) is 0 Å². The second-order valence-corrected chi connectivity index (χ2v) is 6.86. The zero-order valence-corrected chi connectivity index (χ0v) is 12.1. The molecule has 0 aromatic heterocycles. The van der Waals surface area contributed by atoms with E-state index in [2.05, 4.69) is 0 Å². The summed E-state index contributed by atoms with van der Waals surface area (Å²) in [5.74, 6) is -0.987. The van der Waals surface area contributed by atoms with Gasteiger partial charge >= 0.3 is 0 Å². The third-order valence-electron chi connectivity index (χ3n) is 3.29. The average Bonchev–Trinajstić information content (AvgIpc) is 2.47. The highest BCUT2D eigenvalue weighted by atomic mass is 32.2. The lowest BCUT2D eigenvalue weighted by Gasteiger charge is -2.24. The number of nitrogens with zero attached hydrogens (tertiary/aromatic N) is 2. The average molecular weight is 306 g/mol. The number of sulfone groups is 1. The number of hydrogen-bond acceptors (Lipinski definition) is 5. The fourth-order valence-electron chi connectivity index (χ4n) is 2.14. The van der Waals surface area contributed by atoms with Gasteiger partial charge in [0.15, 0.2) is 9.84 Å². The minimum Gasteiger partial charge on any atom is -0.282 e. The molecule has 2 rings (SSSR count). The molecule has 1 aromatic rings. The van der Waals surface area contributed by atoms with Gasteiger partial charge in [-0.05, 0) is 24.6 Å². The number of amides is 2. The Hall–Kier alpha value is -2.20. The summed E-state index contributed by atoms with van der Waals surface area (Å²) in [6.45, 7) is -0.142. The van der Waals surface area contributed by atoms with Crippen molar-refractivity contribution in [1.82, 2.24) is 4.90 Å². The SMILES string of the molecule is N#Cc1cccc(S(=O)(=O)CCN2C(=O)CCCC2=O)c1. The van der Waals surface area contributed by atoms with E-state index < -0.39 is 9.84 Å². The highest BCUT2D eigenvalue weighted by molar-refractivity contribution is 7.91. The lowest BCUT2D eigenvalue weighted by atomic mass is 10.1. The second kappa shape index (κ2) is 6.06. The largest absolute Gasteiger partial charge is 0.282 e. The number of likely N-dealkylation sites (tertiary alicyclic amines) is 1. The molecule has 0 atom stereocenters. The smallest absolute Gasteiger partial charge is 0.229 e. The molecule has 0 spiro atoms. The maximum Gasteiger partial charge on any atom is 0.229 e. The number of piperidine rings is 1. The molecule has 2 amide bonds. The summed E-state index contributed by atoms with van der Waals surface area (Å²) in [6.07, 6.45) is 1.07. The molecular weight excluding hydrogens is 292 g/mol. The quantitative estimate of drug-likeness (QED) is 0.769. The van der Waals surface area contributed by atoms with Gasteiger partial charge < -0.3 is 0 Å². The van der Waals surface area contributed by atoms with Crippen LogP contribution in [0.1, 0.15) is 24.8 Å². The highest BCUT2D eigenvalue weighted by Gasteiger charge is 2.27. The molecule has 110 valence electrons. The summed E-state index contributed by atoms with van der Waals surface area (Å²) in [5, 5.41) is 8.79. The molecule has 1 saturated heterocycles. The number of benzene rings is 1. The van der Waals surface area contributed by atoms with E-state index in [9.17, 15) is 18.0 Å². The van der Waals surface area contributed by atoms with Gasteiger partial charge in [-0.25, -0.2) is 8.42 Å². The summed E-state index contributed by atoms with van der Waals surface area (Å²) < 4.78 is 24.4. The molecule has 7 heteroatoms. The third-order valence-corrected chi connectivity index (χ3v) is 4.98. The Kier molecular flexibility index (Phi) is 4.38. The zero-order valence-electron chi connectivity index (χ0n) is 11.3. The molecule has 0 saturated carbocycles. The van der Waals surface area contributed by atoms with Crippen LogP contribution in [0.25, 0.3) is 0 Å². The van der Waals surface area contributed by atoms with Gasteiger partial charge in [0.1, 0.15) is 0 Å². The molecule has 1 aliphatic heterocycles. The van der Waals surface area contributed by atoms with Gasteiger partial charge in [-0.3, -0.25) is 14.5 Å². The van der Waals surface area contributed by atoms with Gasteiger partial charge in [-0.2, -0.15) is 5.26 Å². The Morgan fingerprint density at radius 2 is 1.86 bits per heavy atom. The zero-order chi connectivity index (χ0) is 15.5. The topological polar surface area (TPSA) is 95.3 Å². The predicted molar refractivity (Wildman–Crippen MR) is 73.8 cm³/mol. The van der Waals surface area contributed by atoms with E-state index >= 15 is 0 Å². The first-order chi connectivity index (χ1) is 9.94. The molecule has 1 heterocycles. The number of rotatable bonds is 4. The van der Waals surface area contributed by atoms with Crippen LogP contribution in [-0.2, 0) is 19.4 Å². The molecule has 0 aliphatic carbocycles. The molecule has 6 nitrogen and oxygen atoms in total. The van der Waals surface area contributed by atoms with Gasteiger partial charge in [-0.1, -0.05) is 6.07 Å². The molecule has 21 heavy (non-hydrogen) atoms. The molecule has 1 fully saturated rings. The molecule has 1 aliphatic rings. The maximum atomic E-state index is 12.2. The number of carbonyl (C=O) groups excluding carboxylic acids is 2. The Labute approximate surface area is 122 Å². The van der Waals surface area contributed by atoms with Crippen molar-refractivity contribution in [3.8, 4) is 6.07 Å². The van der Waals surface area contributed by atoms with Crippen LogP contribution in [0.4, 0.5) is 0 Å². The van der Waals surface area contributed by atoms with Crippen LogP contribution < -0.4 is 0 Å². The fraction of sp³-hybridized carbons (Fsp3) is 0.357. The van der Waals surface area contributed by atoms with Crippen molar-refractivity contribution in [2.75, 3.05) is 12.3 Å². The van der Waals surface area contributed by atoms with Crippen molar-refractivity contribution >= 4 is 21.7 Å². The fourth-order valence-corrected chi connectivity index (χ4v) is 3.39. The van der Waals surface area contributed by atoms with Crippen molar-refractivity contribution in [1.29, 1.82) is 5.26 Å². The lowest BCUT2D eigenvalue weighted by Crippen LogP contribution is -2.42. The Bertz CT molecular complexity index is 703. The maximum absolute atomic E-state index is 12.2. The van der Waals surface area contributed by atoms with E-state index in [-0.39, 0.29) is 47.4 Å². The molecule has 0 bridgehead atoms. The third kappa shape index (κ3) is 3.47. The number of imide groups is 1. The van der Waals surface area contributed by atoms with Gasteiger partial charge in [0.2, 0.25) is 11.8 Å². The summed E-state index contributed by atoms with van der Waals surface area (Å²) in [7, 11) is -3.64. The van der Waals surface area contributed by atoms with Crippen LogP contribution in [0, 0.1) is 11.3 Å². The summed E-state index contributed by atoms with van der Waals surface area (Å²) in [6, 6.07) is 7.56. The first kappa shape index (κ1) is 15.2. The second-order valence-electron chi connectivity index (χ2n) is 4.75. The van der Waals surface area contributed by atoms with Crippen molar-refractivity contribution in [3.63, 3.8) is 0 Å². The molecule has 1 aromatic carbocycles. The van der Waals surface area contributed by atoms with E-state index in [4.69, 9.17) is 5.26 Å². The van der Waals surface area contributed by atoms with E-state index in [1.807, 2.05) is 6.07 Å².